The van der Waals surface area contributed by atoms with Gasteiger partial charge in [0, 0.05) is 18.2 Å². The van der Waals surface area contributed by atoms with E-state index in [0.717, 1.165) is 11.1 Å². The molecule has 0 aliphatic heterocycles. The Morgan fingerprint density at radius 3 is 2.59 bits per heavy atom. The topological polar surface area (TPSA) is 86.9 Å². The molecule has 0 bridgehead atoms. The van der Waals surface area contributed by atoms with Gasteiger partial charge in [-0.3, -0.25) is 4.57 Å². The van der Waals surface area contributed by atoms with Crippen LogP contribution in [0.1, 0.15) is 11.1 Å². The van der Waals surface area contributed by atoms with Gasteiger partial charge in [0.05, 0.1) is 6.67 Å². The molecule has 88 valence electrons. The third kappa shape index (κ3) is 2.51. The summed E-state index contributed by atoms with van der Waals surface area (Å²) < 4.78 is 1.34. The molecule has 1 aromatic carbocycles. The average Bonchev–Trinajstić information content (AvgIpc) is 2.34. The van der Waals surface area contributed by atoms with Crippen molar-refractivity contribution in [2.75, 3.05) is 5.73 Å². The lowest BCUT2D eigenvalue weighted by molar-refractivity contribution is 0.671. The first-order valence-corrected chi connectivity index (χ1v) is 5.30. The summed E-state index contributed by atoms with van der Waals surface area (Å²) in [7, 11) is 0. The van der Waals surface area contributed by atoms with Gasteiger partial charge in [-0.25, -0.2) is 4.79 Å². The summed E-state index contributed by atoms with van der Waals surface area (Å²) >= 11 is 0. The predicted octanol–water partition coefficient (Wildman–Crippen LogP) is 0.333. The van der Waals surface area contributed by atoms with Crippen LogP contribution in [0.15, 0.2) is 41.3 Å². The molecule has 0 aliphatic carbocycles. The molecular weight excluding hydrogens is 216 g/mol. The fourth-order valence-corrected chi connectivity index (χ4v) is 1.63. The van der Waals surface area contributed by atoms with Crippen LogP contribution in [0.25, 0.3) is 0 Å². The Kier molecular flexibility index (Phi) is 3.20. The molecule has 2 rings (SSSR count). The maximum absolute atomic E-state index is 11.4. The Morgan fingerprint density at radius 2 is 1.94 bits per heavy atom. The third-order valence-corrected chi connectivity index (χ3v) is 2.54. The quantitative estimate of drug-likeness (QED) is 0.795. The van der Waals surface area contributed by atoms with Crippen molar-refractivity contribution in [1.82, 2.24) is 9.55 Å². The van der Waals surface area contributed by atoms with Crippen LogP contribution in [0.4, 0.5) is 5.82 Å². The van der Waals surface area contributed by atoms with E-state index in [9.17, 15) is 4.79 Å². The minimum Gasteiger partial charge on any atom is -0.383 e. The zero-order valence-corrected chi connectivity index (χ0v) is 9.34. The van der Waals surface area contributed by atoms with E-state index in [1.165, 1.54) is 4.57 Å². The third-order valence-electron chi connectivity index (χ3n) is 2.54. The molecule has 5 nitrogen and oxygen atoms in total. The Morgan fingerprint density at radius 1 is 1.24 bits per heavy atom. The highest BCUT2D eigenvalue weighted by Crippen LogP contribution is 2.12. The van der Waals surface area contributed by atoms with Gasteiger partial charge in [-0.15, -0.1) is 0 Å². The van der Waals surface area contributed by atoms with Crippen LogP contribution in [-0.4, -0.2) is 9.55 Å². The SMILES string of the molecule is NCn1cc(Cc2ccccc2)c(N)nc1=O. The summed E-state index contributed by atoms with van der Waals surface area (Å²) in [5.74, 6) is 0.267. The second kappa shape index (κ2) is 4.80. The summed E-state index contributed by atoms with van der Waals surface area (Å²) in [5, 5.41) is 0. The van der Waals surface area contributed by atoms with Crippen molar-refractivity contribution in [3.63, 3.8) is 0 Å². The Balaban J connectivity index is 2.36. The lowest BCUT2D eigenvalue weighted by Gasteiger charge is -2.08. The van der Waals surface area contributed by atoms with Crippen molar-refractivity contribution < 1.29 is 0 Å². The number of benzene rings is 1. The van der Waals surface area contributed by atoms with Crippen molar-refractivity contribution in [3.8, 4) is 0 Å². The molecule has 5 heteroatoms. The molecule has 0 saturated heterocycles. The minimum atomic E-state index is -0.415. The first kappa shape index (κ1) is 11.3. The smallest absolute Gasteiger partial charge is 0.350 e. The number of nitrogens with two attached hydrogens (primary N) is 2. The normalized spacial score (nSPS) is 10.4. The highest BCUT2D eigenvalue weighted by atomic mass is 16.1. The van der Waals surface area contributed by atoms with E-state index < -0.39 is 5.69 Å². The van der Waals surface area contributed by atoms with Gasteiger partial charge in [0.15, 0.2) is 0 Å². The zero-order valence-electron chi connectivity index (χ0n) is 9.34. The Bertz CT molecular complexity index is 562. The molecule has 4 N–H and O–H groups in total. The molecule has 0 unspecified atom stereocenters. The molecule has 17 heavy (non-hydrogen) atoms. The monoisotopic (exact) mass is 230 g/mol. The van der Waals surface area contributed by atoms with E-state index in [0.29, 0.717) is 6.42 Å². The number of hydrogen-bond donors (Lipinski definition) is 2. The van der Waals surface area contributed by atoms with Crippen molar-refractivity contribution in [2.45, 2.75) is 13.1 Å². The lowest BCUT2D eigenvalue weighted by Crippen LogP contribution is -2.27. The second-order valence-corrected chi connectivity index (χ2v) is 3.75. The molecule has 1 heterocycles. The van der Waals surface area contributed by atoms with E-state index in [2.05, 4.69) is 4.98 Å². The van der Waals surface area contributed by atoms with E-state index in [1.807, 2.05) is 30.3 Å². The van der Waals surface area contributed by atoms with Crippen LogP contribution in [0.3, 0.4) is 0 Å². The molecule has 0 spiro atoms. The van der Waals surface area contributed by atoms with Gasteiger partial charge < -0.3 is 11.5 Å². The summed E-state index contributed by atoms with van der Waals surface area (Å²) in [6.45, 7) is 0.105. The lowest BCUT2D eigenvalue weighted by atomic mass is 10.1. The van der Waals surface area contributed by atoms with Crippen LogP contribution >= 0.6 is 0 Å². The summed E-state index contributed by atoms with van der Waals surface area (Å²) in [4.78, 5) is 15.1. The van der Waals surface area contributed by atoms with E-state index in [-0.39, 0.29) is 12.5 Å². The number of nitrogen functional groups attached to an aromatic ring is 1. The molecule has 2 aromatic rings. The molecular formula is C12H14N4O. The fourth-order valence-electron chi connectivity index (χ4n) is 1.63. The second-order valence-electron chi connectivity index (χ2n) is 3.75. The van der Waals surface area contributed by atoms with Gasteiger partial charge in [0.1, 0.15) is 5.82 Å². The van der Waals surface area contributed by atoms with Gasteiger partial charge in [-0.05, 0) is 5.56 Å². The zero-order chi connectivity index (χ0) is 12.3. The van der Waals surface area contributed by atoms with Crippen LogP contribution in [0.2, 0.25) is 0 Å². The number of hydrogen-bond acceptors (Lipinski definition) is 4. The maximum Gasteiger partial charge on any atom is 0.350 e. The fraction of sp³-hybridized carbons (Fsp3) is 0.167. The van der Waals surface area contributed by atoms with Gasteiger partial charge in [0.2, 0.25) is 0 Å². The van der Waals surface area contributed by atoms with Gasteiger partial charge in [-0.2, -0.15) is 4.98 Å². The largest absolute Gasteiger partial charge is 0.383 e. The number of nitrogens with zero attached hydrogens (tertiary/aromatic N) is 2. The average molecular weight is 230 g/mol. The van der Waals surface area contributed by atoms with Crippen molar-refractivity contribution in [3.05, 3.63) is 58.1 Å². The van der Waals surface area contributed by atoms with Crippen LogP contribution < -0.4 is 17.2 Å². The summed E-state index contributed by atoms with van der Waals surface area (Å²) in [5.41, 5.74) is 12.7. The first-order chi connectivity index (χ1) is 8.20. The van der Waals surface area contributed by atoms with Gasteiger partial charge in [0.25, 0.3) is 0 Å². The maximum atomic E-state index is 11.4. The molecule has 1 aromatic heterocycles. The number of rotatable bonds is 3. The Hall–Kier alpha value is -2.14. The van der Waals surface area contributed by atoms with Crippen molar-refractivity contribution in [1.29, 1.82) is 0 Å². The number of aromatic nitrogens is 2. The van der Waals surface area contributed by atoms with Gasteiger partial charge in [-0.1, -0.05) is 30.3 Å². The summed E-state index contributed by atoms with van der Waals surface area (Å²) in [6.07, 6.45) is 2.30. The van der Waals surface area contributed by atoms with Crippen LogP contribution in [0, 0.1) is 0 Å². The van der Waals surface area contributed by atoms with E-state index >= 15 is 0 Å². The Labute approximate surface area is 98.7 Å². The van der Waals surface area contributed by atoms with Crippen molar-refractivity contribution in [2.24, 2.45) is 5.73 Å². The molecule has 0 fully saturated rings. The first-order valence-electron chi connectivity index (χ1n) is 5.30. The highest BCUT2D eigenvalue weighted by Gasteiger charge is 2.05. The number of anilines is 1. The standard InChI is InChI=1S/C12H14N4O/c13-8-16-7-10(11(14)15-12(16)17)6-9-4-2-1-3-5-9/h1-5,7H,6,8,13H2,(H2,14,15,17). The summed E-state index contributed by atoms with van der Waals surface area (Å²) in [6, 6.07) is 9.86. The van der Waals surface area contributed by atoms with Gasteiger partial charge >= 0.3 is 5.69 Å². The molecule has 0 radical (unpaired) electrons. The minimum absolute atomic E-state index is 0.105. The molecule has 0 amide bonds. The van der Waals surface area contributed by atoms with E-state index in [1.54, 1.807) is 6.20 Å². The highest BCUT2D eigenvalue weighted by molar-refractivity contribution is 5.40. The molecule has 0 aliphatic rings. The predicted molar refractivity (Wildman–Crippen MR) is 66.3 cm³/mol. The van der Waals surface area contributed by atoms with Crippen LogP contribution in [-0.2, 0) is 13.1 Å². The van der Waals surface area contributed by atoms with Crippen molar-refractivity contribution >= 4 is 5.82 Å². The molecule has 0 saturated carbocycles. The van der Waals surface area contributed by atoms with Crippen LogP contribution in [0.5, 0.6) is 0 Å². The van der Waals surface area contributed by atoms with E-state index in [4.69, 9.17) is 11.5 Å². The molecule has 0 atom stereocenters.